The summed E-state index contributed by atoms with van der Waals surface area (Å²) in [6.07, 6.45) is 1.83. The van der Waals surface area contributed by atoms with Gasteiger partial charge in [-0.3, -0.25) is 9.59 Å². The monoisotopic (exact) mass is 276 g/mol. The molecule has 1 atom stereocenters. The minimum Gasteiger partial charge on any atom is -0.449 e. The second kappa shape index (κ2) is 7.08. The van der Waals surface area contributed by atoms with Crippen LogP contribution in [0.3, 0.4) is 0 Å². The molecule has 0 aliphatic rings. The first-order valence-corrected chi connectivity index (χ1v) is 5.98. The van der Waals surface area contributed by atoms with Gasteiger partial charge in [0.1, 0.15) is 0 Å². The van der Waals surface area contributed by atoms with Gasteiger partial charge in [0, 0.05) is 17.3 Å². The lowest BCUT2D eigenvalue weighted by atomic mass is 10.2. The molecule has 0 aliphatic carbocycles. The number of esters is 1. The third-order valence-electron chi connectivity index (χ3n) is 2.40. The molecular weight excluding hydrogens is 260 g/mol. The summed E-state index contributed by atoms with van der Waals surface area (Å²) in [5.41, 5.74) is 5.93. The molecule has 0 saturated carbocycles. The van der Waals surface area contributed by atoms with Crippen LogP contribution >= 0.6 is 0 Å². The normalized spacial score (nSPS) is 11.9. The molecule has 0 fully saturated rings. The van der Waals surface area contributed by atoms with Crippen molar-refractivity contribution in [3.63, 3.8) is 0 Å². The first-order valence-electron chi connectivity index (χ1n) is 5.98. The molecule has 0 radical (unpaired) electrons. The maximum atomic E-state index is 11.8. The van der Waals surface area contributed by atoms with Crippen molar-refractivity contribution in [2.24, 2.45) is 5.73 Å². The summed E-state index contributed by atoms with van der Waals surface area (Å²) in [5.74, 6) is -1.59. The number of anilines is 1. The van der Waals surface area contributed by atoms with Gasteiger partial charge in [0.15, 0.2) is 6.10 Å². The third-order valence-corrected chi connectivity index (χ3v) is 2.40. The van der Waals surface area contributed by atoms with Gasteiger partial charge >= 0.3 is 5.97 Å². The van der Waals surface area contributed by atoms with E-state index in [9.17, 15) is 14.4 Å². The molecule has 6 heteroatoms. The maximum Gasteiger partial charge on any atom is 0.331 e. The molecule has 1 aromatic rings. The Morgan fingerprint density at radius 3 is 2.35 bits per heavy atom. The van der Waals surface area contributed by atoms with Gasteiger partial charge in [-0.1, -0.05) is 6.08 Å². The summed E-state index contributed by atoms with van der Waals surface area (Å²) in [7, 11) is 0. The fourth-order valence-corrected chi connectivity index (χ4v) is 1.36. The first kappa shape index (κ1) is 15.4. The number of hydrogen-bond donors (Lipinski definition) is 2. The van der Waals surface area contributed by atoms with Crippen LogP contribution in [0, 0.1) is 0 Å². The fourth-order valence-electron chi connectivity index (χ4n) is 1.36. The number of allylic oxidation sites excluding steroid dienone is 1. The number of benzene rings is 1. The van der Waals surface area contributed by atoms with E-state index in [0.29, 0.717) is 11.3 Å². The van der Waals surface area contributed by atoms with Crippen LogP contribution in [0.4, 0.5) is 5.69 Å². The molecule has 2 amide bonds. The van der Waals surface area contributed by atoms with E-state index in [0.717, 1.165) is 0 Å². The van der Waals surface area contributed by atoms with Crippen molar-refractivity contribution >= 4 is 23.5 Å². The van der Waals surface area contributed by atoms with Gasteiger partial charge in [-0.2, -0.15) is 0 Å². The number of primary amides is 1. The van der Waals surface area contributed by atoms with E-state index in [1.807, 2.05) is 0 Å². The van der Waals surface area contributed by atoms with E-state index >= 15 is 0 Å². The van der Waals surface area contributed by atoms with Crippen molar-refractivity contribution in [3.05, 3.63) is 42.0 Å². The predicted molar refractivity (Wildman–Crippen MR) is 74.0 cm³/mol. The van der Waals surface area contributed by atoms with Crippen molar-refractivity contribution in [2.75, 3.05) is 5.32 Å². The van der Waals surface area contributed by atoms with Crippen LogP contribution < -0.4 is 11.1 Å². The summed E-state index contributed by atoms with van der Waals surface area (Å²) in [6.45, 7) is 3.14. The Morgan fingerprint density at radius 2 is 1.85 bits per heavy atom. The van der Waals surface area contributed by atoms with Crippen molar-refractivity contribution in [2.45, 2.75) is 20.0 Å². The number of carbonyl (C=O) groups excluding carboxylic acids is 3. The lowest BCUT2D eigenvalue weighted by Gasteiger charge is -2.12. The van der Waals surface area contributed by atoms with Gasteiger partial charge in [0.25, 0.3) is 5.91 Å². The Bertz CT molecular complexity index is 535. The molecule has 0 spiro atoms. The lowest BCUT2D eigenvalue weighted by Crippen LogP contribution is -2.29. The Morgan fingerprint density at radius 1 is 1.25 bits per heavy atom. The maximum absolute atomic E-state index is 11.8. The minimum atomic E-state index is -0.922. The van der Waals surface area contributed by atoms with Crippen LogP contribution in [-0.2, 0) is 14.3 Å². The Hall–Kier alpha value is -2.63. The predicted octanol–water partition coefficient (Wildman–Crippen LogP) is 1.23. The topological polar surface area (TPSA) is 98.5 Å². The van der Waals surface area contributed by atoms with Crippen LogP contribution in [0.1, 0.15) is 24.2 Å². The van der Waals surface area contributed by atoms with Crippen molar-refractivity contribution < 1.29 is 19.1 Å². The molecule has 1 aromatic carbocycles. The van der Waals surface area contributed by atoms with Gasteiger partial charge in [-0.15, -0.1) is 0 Å². The molecule has 6 nitrogen and oxygen atoms in total. The summed E-state index contributed by atoms with van der Waals surface area (Å²) in [5, 5.41) is 2.56. The standard InChI is InChI=1S/C14H16N2O4/c1-3-4-12(17)20-9(2)14(19)16-11-7-5-10(6-8-11)13(15)18/h3-9H,1-2H3,(H2,15,18)(H,16,19)/b4-3+/t9-/m1/s1. The molecule has 20 heavy (non-hydrogen) atoms. The highest BCUT2D eigenvalue weighted by molar-refractivity contribution is 5.97. The summed E-state index contributed by atoms with van der Waals surface area (Å²) in [4.78, 5) is 33.9. The Labute approximate surface area is 116 Å². The third kappa shape index (κ3) is 4.56. The number of amides is 2. The van der Waals surface area contributed by atoms with Crippen molar-refractivity contribution in [1.82, 2.24) is 0 Å². The molecule has 0 aliphatic heterocycles. The summed E-state index contributed by atoms with van der Waals surface area (Å²) >= 11 is 0. The second-order valence-corrected chi connectivity index (χ2v) is 4.01. The number of nitrogens with two attached hydrogens (primary N) is 1. The van der Waals surface area contributed by atoms with E-state index in [1.165, 1.54) is 31.2 Å². The second-order valence-electron chi connectivity index (χ2n) is 4.01. The first-order chi connectivity index (χ1) is 9.43. The van der Waals surface area contributed by atoms with E-state index in [1.54, 1.807) is 19.1 Å². The summed E-state index contributed by atoms with van der Waals surface area (Å²) < 4.78 is 4.87. The number of ether oxygens (including phenoxy) is 1. The average molecular weight is 276 g/mol. The van der Waals surface area contributed by atoms with Crippen molar-refractivity contribution in [1.29, 1.82) is 0 Å². The zero-order valence-corrected chi connectivity index (χ0v) is 11.3. The lowest BCUT2D eigenvalue weighted by molar-refractivity contribution is -0.148. The highest BCUT2D eigenvalue weighted by Gasteiger charge is 2.16. The van der Waals surface area contributed by atoms with E-state index < -0.39 is 23.9 Å². The van der Waals surface area contributed by atoms with Crippen LogP contribution in [0.2, 0.25) is 0 Å². The van der Waals surface area contributed by atoms with Gasteiger partial charge < -0.3 is 15.8 Å². The molecule has 0 aromatic heterocycles. The SMILES string of the molecule is C/C=C/C(=O)O[C@H](C)C(=O)Nc1ccc(C(N)=O)cc1. The largest absolute Gasteiger partial charge is 0.449 e. The average Bonchev–Trinajstić information content (AvgIpc) is 2.39. The molecule has 0 bridgehead atoms. The molecule has 0 unspecified atom stereocenters. The summed E-state index contributed by atoms with van der Waals surface area (Å²) in [6, 6.07) is 6.07. The van der Waals surface area contributed by atoms with Crippen molar-refractivity contribution in [3.8, 4) is 0 Å². The molecule has 0 saturated heterocycles. The van der Waals surface area contributed by atoms with Crippen LogP contribution in [0.25, 0.3) is 0 Å². The number of carbonyl (C=O) groups is 3. The van der Waals surface area contributed by atoms with Gasteiger partial charge in [-0.05, 0) is 38.1 Å². The number of hydrogen-bond acceptors (Lipinski definition) is 4. The smallest absolute Gasteiger partial charge is 0.331 e. The molecular formula is C14H16N2O4. The van der Waals surface area contributed by atoms with E-state index in [2.05, 4.69) is 5.32 Å². The van der Waals surface area contributed by atoms with E-state index in [-0.39, 0.29) is 0 Å². The number of nitrogens with one attached hydrogen (secondary N) is 1. The fraction of sp³-hybridized carbons (Fsp3) is 0.214. The van der Waals surface area contributed by atoms with Crippen LogP contribution in [0.5, 0.6) is 0 Å². The van der Waals surface area contributed by atoms with Gasteiger partial charge in [0.05, 0.1) is 0 Å². The zero-order valence-electron chi connectivity index (χ0n) is 11.3. The molecule has 3 N–H and O–H groups in total. The van der Waals surface area contributed by atoms with E-state index in [4.69, 9.17) is 10.5 Å². The van der Waals surface area contributed by atoms with Crippen LogP contribution in [0.15, 0.2) is 36.4 Å². The highest BCUT2D eigenvalue weighted by atomic mass is 16.5. The highest BCUT2D eigenvalue weighted by Crippen LogP contribution is 2.10. The Kier molecular flexibility index (Phi) is 5.46. The van der Waals surface area contributed by atoms with Crippen LogP contribution in [-0.4, -0.2) is 23.9 Å². The quantitative estimate of drug-likeness (QED) is 0.624. The Balaban J connectivity index is 2.61. The number of rotatable bonds is 5. The minimum absolute atomic E-state index is 0.343. The van der Waals surface area contributed by atoms with Gasteiger partial charge in [-0.25, -0.2) is 4.79 Å². The zero-order chi connectivity index (χ0) is 15.1. The van der Waals surface area contributed by atoms with Gasteiger partial charge in [0.2, 0.25) is 5.91 Å². The molecule has 1 rings (SSSR count). The molecule has 106 valence electrons. The molecule has 0 heterocycles.